The van der Waals surface area contributed by atoms with Crippen LogP contribution >= 0.6 is 0 Å². The molecule has 0 amide bonds. The lowest BCUT2D eigenvalue weighted by Crippen LogP contribution is -2.18. The lowest BCUT2D eigenvalue weighted by Gasteiger charge is -2.19. The van der Waals surface area contributed by atoms with Gasteiger partial charge in [0, 0.05) is 17.3 Å². The van der Waals surface area contributed by atoms with Crippen molar-refractivity contribution < 1.29 is 4.74 Å². The second kappa shape index (κ2) is 4.82. The number of ether oxygens (including phenoxy) is 1. The van der Waals surface area contributed by atoms with Gasteiger partial charge in [0.25, 0.3) is 0 Å². The number of para-hydroxylation sites is 1. The number of nitrogens with one attached hydrogen (secondary N) is 1. The molecule has 1 aliphatic carbocycles. The topological polar surface area (TPSA) is 63.9 Å². The third-order valence-corrected chi connectivity index (χ3v) is 3.39. The molecule has 94 valence electrons. The number of H-pyrrole nitrogens is 1. The van der Waals surface area contributed by atoms with Gasteiger partial charge in [0.15, 0.2) is 0 Å². The van der Waals surface area contributed by atoms with Gasteiger partial charge < -0.3 is 10.5 Å². The van der Waals surface area contributed by atoms with Gasteiger partial charge in [0.2, 0.25) is 0 Å². The van der Waals surface area contributed by atoms with E-state index < -0.39 is 0 Å². The van der Waals surface area contributed by atoms with E-state index in [9.17, 15) is 0 Å². The number of hydrogen-bond acceptors (Lipinski definition) is 3. The molecule has 4 nitrogen and oxygen atoms in total. The van der Waals surface area contributed by atoms with E-state index in [1.165, 1.54) is 5.69 Å². The smallest absolute Gasteiger partial charge is 0.132 e. The lowest BCUT2D eigenvalue weighted by atomic mass is 9.92. The standard InChI is InChI=1S/C14H17N3O/c15-11-7-4-8-12-14(11)13(17-16-12)9-18-10-5-2-1-3-6-10/h1-3,5-6,11H,4,7-9,15H2,(H,16,17). The van der Waals surface area contributed by atoms with Gasteiger partial charge in [-0.2, -0.15) is 5.10 Å². The van der Waals surface area contributed by atoms with Crippen molar-refractivity contribution in [1.29, 1.82) is 0 Å². The van der Waals surface area contributed by atoms with Crippen LogP contribution in [0.1, 0.15) is 35.8 Å². The van der Waals surface area contributed by atoms with E-state index in [-0.39, 0.29) is 6.04 Å². The molecule has 0 spiro atoms. The Labute approximate surface area is 106 Å². The minimum absolute atomic E-state index is 0.0990. The summed E-state index contributed by atoms with van der Waals surface area (Å²) < 4.78 is 5.73. The molecule has 1 heterocycles. The number of hydrogen-bond donors (Lipinski definition) is 2. The van der Waals surface area contributed by atoms with E-state index in [0.717, 1.165) is 36.3 Å². The second-order valence-electron chi connectivity index (χ2n) is 4.66. The maximum absolute atomic E-state index is 6.15. The quantitative estimate of drug-likeness (QED) is 0.869. The van der Waals surface area contributed by atoms with E-state index in [0.29, 0.717) is 6.61 Å². The number of benzene rings is 1. The number of nitrogens with two attached hydrogens (primary N) is 1. The molecule has 0 fully saturated rings. The Morgan fingerprint density at radius 3 is 3.00 bits per heavy atom. The van der Waals surface area contributed by atoms with Crippen molar-refractivity contribution in [2.75, 3.05) is 0 Å². The van der Waals surface area contributed by atoms with Gasteiger partial charge in [-0.25, -0.2) is 0 Å². The van der Waals surface area contributed by atoms with Crippen molar-refractivity contribution in [3.05, 3.63) is 47.3 Å². The van der Waals surface area contributed by atoms with Crippen LogP contribution in [0.2, 0.25) is 0 Å². The Balaban J connectivity index is 1.76. The highest BCUT2D eigenvalue weighted by Crippen LogP contribution is 2.29. The summed E-state index contributed by atoms with van der Waals surface area (Å²) in [5.74, 6) is 0.860. The van der Waals surface area contributed by atoms with Crippen LogP contribution < -0.4 is 10.5 Å². The molecule has 0 radical (unpaired) electrons. The first kappa shape index (κ1) is 11.3. The van der Waals surface area contributed by atoms with Gasteiger partial charge in [-0.3, -0.25) is 5.10 Å². The zero-order chi connectivity index (χ0) is 12.4. The number of aromatic amines is 1. The number of aromatic nitrogens is 2. The molecule has 0 saturated heterocycles. The van der Waals surface area contributed by atoms with Crippen molar-refractivity contribution in [2.45, 2.75) is 31.9 Å². The van der Waals surface area contributed by atoms with Crippen molar-refractivity contribution in [3.63, 3.8) is 0 Å². The maximum Gasteiger partial charge on any atom is 0.132 e. The molecule has 0 saturated carbocycles. The van der Waals surface area contributed by atoms with Gasteiger partial charge >= 0.3 is 0 Å². The van der Waals surface area contributed by atoms with E-state index in [4.69, 9.17) is 10.5 Å². The lowest BCUT2D eigenvalue weighted by molar-refractivity contribution is 0.298. The first-order valence-corrected chi connectivity index (χ1v) is 6.34. The summed E-state index contributed by atoms with van der Waals surface area (Å²) >= 11 is 0. The predicted octanol–water partition coefficient (Wildman–Crippen LogP) is 2.32. The van der Waals surface area contributed by atoms with Crippen molar-refractivity contribution in [2.24, 2.45) is 5.73 Å². The van der Waals surface area contributed by atoms with E-state index >= 15 is 0 Å². The highest BCUT2D eigenvalue weighted by molar-refractivity contribution is 5.31. The summed E-state index contributed by atoms with van der Waals surface area (Å²) in [6.45, 7) is 0.476. The largest absolute Gasteiger partial charge is 0.487 e. The predicted molar refractivity (Wildman–Crippen MR) is 69.2 cm³/mol. The highest BCUT2D eigenvalue weighted by atomic mass is 16.5. The van der Waals surface area contributed by atoms with Crippen LogP contribution in [0.25, 0.3) is 0 Å². The molecule has 0 bridgehead atoms. The van der Waals surface area contributed by atoms with Gasteiger partial charge in [-0.15, -0.1) is 0 Å². The van der Waals surface area contributed by atoms with Crippen LogP contribution in [0.4, 0.5) is 0 Å². The van der Waals surface area contributed by atoms with Crippen LogP contribution in [0.15, 0.2) is 30.3 Å². The zero-order valence-corrected chi connectivity index (χ0v) is 10.2. The average Bonchev–Trinajstić information content (AvgIpc) is 2.82. The molecule has 1 aliphatic rings. The summed E-state index contributed by atoms with van der Waals surface area (Å²) in [5.41, 5.74) is 9.44. The zero-order valence-electron chi connectivity index (χ0n) is 10.2. The van der Waals surface area contributed by atoms with Crippen LogP contribution in [0, 0.1) is 0 Å². The number of rotatable bonds is 3. The SMILES string of the molecule is NC1CCCc2[nH]nc(COc3ccccc3)c21. The molecule has 0 aliphatic heterocycles. The van der Waals surface area contributed by atoms with E-state index in [2.05, 4.69) is 10.2 Å². The summed E-state index contributed by atoms with van der Waals surface area (Å²) in [4.78, 5) is 0. The number of aryl methyl sites for hydroxylation is 1. The monoisotopic (exact) mass is 243 g/mol. The normalized spacial score (nSPS) is 18.4. The number of nitrogens with zero attached hydrogens (tertiary/aromatic N) is 1. The highest BCUT2D eigenvalue weighted by Gasteiger charge is 2.23. The second-order valence-corrected chi connectivity index (χ2v) is 4.66. The fraction of sp³-hybridized carbons (Fsp3) is 0.357. The van der Waals surface area contributed by atoms with Crippen LogP contribution in [0.3, 0.4) is 0 Å². The van der Waals surface area contributed by atoms with Crippen LogP contribution in [-0.2, 0) is 13.0 Å². The Morgan fingerprint density at radius 1 is 1.33 bits per heavy atom. The fourth-order valence-corrected chi connectivity index (χ4v) is 2.48. The summed E-state index contributed by atoms with van der Waals surface area (Å²) in [6.07, 6.45) is 3.21. The van der Waals surface area contributed by atoms with E-state index in [1.807, 2.05) is 30.3 Å². The van der Waals surface area contributed by atoms with Crippen molar-refractivity contribution in [3.8, 4) is 5.75 Å². The fourth-order valence-electron chi connectivity index (χ4n) is 2.48. The molecule has 2 aromatic rings. The van der Waals surface area contributed by atoms with Gasteiger partial charge in [0.1, 0.15) is 18.1 Å². The molecule has 1 unspecified atom stereocenters. The minimum Gasteiger partial charge on any atom is -0.487 e. The van der Waals surface area contributed by atoms with Gasteiger partial charge in [-0.05, 0) is 31.4 Å². The first-order chi connectivity index (χ1) is 8.84. The average molecular weight is 243 g/mol. The van der Waals surface area contributed by atoms with Crippen molar-refractivity contribution >= 4 is 0 Å². The third-order valence-electron chi connectivity index (χ3n) is 3.39. The molecule has 3 N–H and O–H groups in total. The molecule has 3 rings (SSSR count). The van der Waals surface area contributed by atoms with Gasteiger partial charge in [-0.1, -0.05) is 18.2 Å². The Hall–Kier alpha value is -1.81. The number of fused-ring (bicyclic) bond motifs is 1. The molecular formula is C14H17N3O. The molecule has 1 aromatic carbocycles. The third kappa shape index (κ3) is 2.11. The minimum atomic E-state index is 0.0990. The first-order valence-electron chi connectivity index (χ1n) is 6.34. The van der Waals surface area contributed by atoms with E-state index in [1.54, 1.807) is 0 Å². The Bertz CT molecular complexity index is 521. The molecular weight excluding hydrogens is 226 g/mol. The van der Waals surface area contributed by atoms with Crippen molar-refractivity contribution in [1.82, 2.24) is 10.2 Å². The maximum atomic E-state index is 6.15. The van der Waals surface area contributed by atoms with Gasteiger partial charge in [0.05, 0.1) is 0 Å². The summed E-state index contributed by atoms with van der Waals surface area (Å²) in [6, 6.07) is 9.88. The molecule has 1 atom stereocenters. The van der Waals surface area contributed by atoms with Crippen LogP contribution in [0.5, 0.6) is 5.75 Å². The molecule has 18 heavy (non-hydrogen) atoms. The molecule has 1 aromatic heterocycles. The molecule has 4 heteroatoms. The Morgan fingerprint density at radius 2 is 2.17 bits per heavy atom. The summed E-state index contributed by atoms with van der Waals surface area (Å²) in [5, 5.41) is 7.42. The summed E-state index contributed by atoms with van der Waals surface area (Å²) in [7, 11) is 0. The van der Waals surface area contributed by atoms with Crippen LogP contribution in [-0.4, -0.2) is 10.2 Å². The Kier molecular flexibility index (Phi) is 3.02.